The first-order valence-corrected chi connectivity index (χ1v) is 8.50. The summed E-state index contributed by atoms with van der Waals surface area (Å²) in [7, 11) is 0. The highest BCUT2D eigenvalue weighted by Gasteiger charge is 2.35. The summed E-state index contributed by atoms with van der Waals surface area (Å²) >= 11 is 0. The molecule has 0 heterocycles. The summed E-state index contributed by atoms with van der Waals surface area (Å²) < 4.78 is 0. The molecule has 2 fully saturated rings. The number of hydrogen-bond donors (Lipinski definition) is 2. The normalized spacial score (nSPS) is 24.2. The fourth-order valence-electron chi connectivity index (χ4n) is 3.57. The molecule has 2 unspecified atom stereocenters. The molecule has 0 bridgehead atoms. The molecule has 22 heavy (non-hydrogen) atoms. The van der Waals surface area contributed by atoms with Gasteiger partial charge in [0.1, 0.15) is 0 Å². The first-order valence-electron chi connectivity index (χ1n) is 8.50. The average molecular weight is 302 g/mol. The smallest absolute Gasteiger partial charge is 0.317 e. The Morgan fingerprint density at radius 3 is 2.64 bits per heavy atom. The predicted molar refractivity (Wildman–Crippen MR) is 86.6 cm³/mol. The van der Waals surface area contributed by atoms with Crippen molar-refractivity contribution in [3.05, 3.63) is 35.9 Å². The zero-order valence-corrected chi connectivity index (χ0v) is 13.1. The van der Waals surface area contributed by atoms with Gasteiger partial charge in [0.15, 0.2) is 0 Å². The molecule has 2 amide bonds. The highest BCUT2D eigenvalue weighted by Crippen LogP contribution is 2.30. The van der Waals surface area contributed by atoms with Crippen LogP contribution in [-0.2, 0) is 6.42 Å². The van der Waals surface area contributed by atoms with Crippen LogP contribution in [0, 0.1) is 5.92 Å². The van der Waals surface area contributed by atoms with Crippen LogP contribution >= 0.6 is 0 Å². The number of urea groups is 1. The zero-order chi connectivity index (χ0) is 15.4. The summed E-state index contributed by atoms with van der Waals surface area (Å²) in [5, 5.41) is 12.4. The van der Waals surface area contributed by atoms with Crippen molar-refractivity contribution in [2.75, 3.05) is 13.2 Å². The highest BCUT2D eigenvalue weighted by atomic mass is 16.3. The van der Waals surface area contributed by atoms with Crippen molar-refractivity contribution >= 4 is 6.03 Å². The van der Waals surface area contributed by atoms with Crippen molar-refractivity contribution in [3.63, 3.8) is 0 Å². The van der Waals surface area contributed by atoms with Crippen molar-refractivity contribution in [1.82, 2.24) is 10.2 Å². The third kappa shape index (κ3) is 3.80. The van der Waals surface area contributed by atoms with Crippen LogP contribution in [-0.4, -0.2) is 41.3 Å². The summed E-state index contributed by atoms with van der Waals surface area (Å²) in [6.45, 7) is 0.495. The summed E-state index contributed by atoms with van der Waals surface area (Å²) in [6, 6.07) is 11.2. The van der Waals surface area contributed by atoms with Gasteiger partial charge in [0, 0.05) is 18.6 Å². The topological polar surface area (TPSA) is 52.6 Å². The number of aliphatic hydroxyl groups is 1. The monoisotopic (exact) mass is 302 g/mol. The minimum atomic E-state index is 0.0153. The number of amides is 2. The number of nitrogens with one attached hydrogen (secondary N) is 1. The van der Waals surface area contributed by atoms with Gasteiger partial charge in [-0.05, 0) is 43.6 Å². The number of carbonyl (C=O) groups excluding carboxylic acids is 1. The molecule has 0 aromatic heterocycles. The molecule has 0 saturated heterocycles. The Kier molecular flexibility index (Phi) is 4.98. The molecule has 4 heteroatoms. The number of rotatable bonds is 6. The summed E-state index contributed by atoms with van der Waals surface area (Å²) in [4.78, 5) is 14.3. The third-order valence-corrected chi connectivity index (χ3v) is 4.90. The molecule has 0 aliphatic heterocycles. The lowest BCUT2D eigenvalue weighted by Crippen LogP contribution is -2.48. The van der Waals surface area contributed by atoms with E-state index in [1.54, 1.807) is 0 Å². The molecule has 1 aromatic rings. The van der Waals surface area contributed by atoms with Gasteiger partial charge in [-0.25, -0.2) is 4.79 Å². The summed E-state index contributed by atoms with van der Waals surface area (Å²) in [6.07, 6.45) is 6.63. The van der Waals surface area contributed by atoms with Crippen molar-refractivity contribution in [3.8, 4) is 0 Å². The zero-order valence-electron chi connectivity index (χ0n) is 13.1. The van der Waals surface area contributed by atoms with Gasteiger partial charge in [-0.2, -0.15) is 0 Å². The molecule has 0 spiro atoms. The molecule has 2 aliphatic rings. The second kappa shape index (κ2) is 7.14. The minimum Gasteiger partial charge on any atom is -0.395 e. The molecule has 120 valence electrons. The van der Waals surface area contributed by atoms with E-state index in [2.05, 4.69) is 29.6 Å². The van der Waals surface area contributed by atoms with Crippen LogP contribution in [0.25, 0.3) is 0 Å². The molecule has 3 rings (SSSR count). The first-order chi connectivity index (χ1) is 10.8. The standard InChI is InChI=1S/C18H26N2O2/c21-12-11-20(16-9-10-16)18(22)19-17-8-4-7-15(17)13-14-5-2-1-3-6-14/h1-3,5-6,15-17,21H,4,7-13H2,(H,19,22). The second-order valence-corrected chi connectivity index (χ2v) is 6.58. The Morgan fingerprint density at radius 2 is 1.95 bits per heavy atom. The number of hydrogen-bond acceptors (Lipinski definition) is 2. The van der Waals surface area contributed by atoms with Crippen LogP contribution in [0.3, 0.4) is 0 Å². The van der Waals surface area contributed by atoms with Gasteiger partial charge in [0.05, 0.1) is 6.61 Å². The van der Waals surface area contributed by atoms with Gasteiger partial charge in [-0.1, -0.05) is 36.8 Å². The Hall–Kier alpha value is -1.55. The van der Waals surface area contributed by atoms with Crippen molar-refractivity contribution in [2.45, 2.75) is 50.6 Å². The van der Waals surface area contributed by atoms with Gasteiger partial charge < -0.3 is 15.3 Å². The molecular formula is C18H26N2O2. The molecule has 2 atom stereocenters. The average Bonchev–Trinajstić information content (AvgIpc) is 3.28. The largest absolute Gasteiger partial charge is 0.395 e. The van der Waals surface area contributed by atoms with Crippen LogP contribution in [0.2, 0.25) is 0 Å². The summed E-state index contributed by atoms with van der Waals surface area (Å²) in [5.74, 6) is 0.529. The second-order valence-electron chi connectivity index (χ2n) is 6.58. The van der Waals surface area contributed by atoms with Crippen molar-refractivity contribution < 1.29 is 9.90 Å². The van der Waals surface area contributed by atoms with Gasteiger partial charge in [-0.3, -0.25) is 0 Å². The van der Waals surface area contributed by atoms with Crippen LogP contribution in [0.5, 0.6) is 0 Å². The van der Waals surface area contributed by atoms with Crippen LogP contribution < -0.4 is 5.32 Å². The van der Waals surface area contributed by atoms with Gasteiger partial charge in [0.25, 0.3) is 0 Å². The van der Waals surface area contributed by atoms with E-state index >= 15 is 0 Å². The molecule has 4 nitrogen and oxygen atoms in total. The Labute approximate surface area is 132 Å². The highest BCUT2D eigenvalue weighted by molar-refractivity contribution is 5.75. The van der Waals surface area contributed by atoms with Crippen LogP contribution in [0.1, 0.15) is 37.7 Å². The lowest BCUT2D eigenvalue weighted by molar-refractivity contribution is 0.168. The van der Waals surface area contributed by atoms with Crippen molar-refractivity contribution in [2.24, 2.45) is 5.92 Å². The lowest BCUT2D eigenvalue weighted by Gasteiger charge is -2.27. The molecule has 2 N–H and O–H groups in total. The first kappa shape index (κ1) is 15.3. The molecule has 0 radical (unpaired) electrons. The van der Waals surface area contributed by atoms with Crippen molar-refractivity contribution in [1.29, 1.82) is 0 Å². The lowest BCUT2D eigenvalue weighted by atomic mass is 9.95. The third-order valence-electron chi connectivity index (χ3n) is 4.90. The van der Waals surface area contributed by atoms with E-state index in [0.29, 0.717) is 18.5 Å². The summed E-state index contributed by atoms with van der Waals surface area (Å²) in [5.41, 5.74) is 1.35. The number of nitrogens with zero attached hydrogens (tertiary/aromatic N) is 1. The maximum absolute atomic E-state index is 12.5. The van der Waals surface area contributed by atoms with Gasteiger partial charge in [-0.15, -0.1) is 0 Å². The number of aliphatic hydroxyl groups excluding tert-OH is 1. The Morgan fingerprint density at radius 1 is 1.18 bits per heavy atom. The number of carbonyl (C=O) groups is 1. The molecule has 2 aliphatic carbocycles. The molecular weight excluding hydrogens is 276 g/mol. The van der Waals surface area contributed by atoms with Gasteiger partial charge >= 0.3 is 6.03 Å². The van der Waals surface area contributed by atoms with E-state index in [-0.39, 0.29) is 18.7 Å². The quantitative estimate of drug-likeness (QED) is 0.848. The van der Waals surface area contributed by atoms with Gasteiger partial charge in [0.2, 0.25) is 0 Å². The van der Waals surface area contributed by atoms with Crippen LogP contribution in [0.15, 0.2) is 30.3 Å². The van der Waals surface area contributed by atoms with E-state index in [9.17, 15) is 4.79 Å². The van der Waals surface area contributed by atoms with E-state index in [1.807, 2.05) is 11.0 Å². The maximum atomic E-state index is 12.5. The SMILES string of the molecule is O=C(NC1CCCC1Cc1ccccc1)N(CCO)C1CC1. The van der Waals surface area contributed by atoms with E-state index in [1.165, 1.54) is 18.4 Å². The fraction of sp³-hybridized carbons (Fsp3) is 0.611. The van der Waals surface area contributed by atoms with Crippen LogP contribution in [0.4, 0.5) is 4.79 Å². The fourth-order valence-corrected chi connectivity index (χ4v) is 3.57. The van der Waals surface area contributed by atoms with E-state index in [0.717, 1.165) is 25.7 Å². The van der Waals surface area contributed by atoms with E-state index < -0.39 is 0 Å². The maximum Gasteiger partial charge on any atom is 0.317 e. The van der Waals surface area contributed by atoms with E-state index in [4.69, 9.17) is 5.11 Å². The molecule has 1 aromatic carbocycles. The minimum absolute atomic E-state index is 0.0153. The number of benzene rings is 1. The predicted octanol–water partition coefficient (Wildman–Crippen LogP) is 2.56. The molecule has 2 saturated carbocycles. The Balaban J connectivity index is 1.57. The Bertz CT molecular complexity index is 487.